The summed E-state index contributed by atoms with van der Waals surface area (Å²) in [5, 5.41) is 10.8. The van der Waals surface area contributed by atoms with Crippen LogP contribution in [0.25, 0.3) is 0 Å². The summed E-state index contributed by atoms with van der Waals surface area (Å²) in [7, 11) is 0. The van der Waals surface area contributed by atoms with Crippen LogP contribution >= 0.6 is 0 Å². The molecule has 0 aromatic rings. The first-order valence-corrected chi connectivity index (χ1v) is 2.51. The molecule has 44 valence electrons. The number of fused-ring (bicyclic) bond motifs is 1. The molecular formula is C3H7N5. The zero-order chi connectivity index (χ0) is 5.40. The molecule has 0 saturated carbocycles. The fraction of sp³-hybridized carbons (Fsp3) is 0.667. The van der Waals surface area contributed by atoms with E-state index in [4.69, 9.17) is 0 Å². The molecule has 2 N–H and O–H groups in total. The Morgan fingerprint density at radius 2 is 2.50 bits per heavy atom. The van der Waals surface area contributed by atoms with Gasteiger partial charge in [0.1, 0.15) is 13.0 Å². The molecule has 2 aliphatic rings. The number of hydrazine groups is 2. The number of nitrogens with zero attached hydrogens (tertiary/aromatic N) is 3. The summed E-state index contributed by atoms with van der Waals surface area (Å²) in [6.45, 7) is 1.64. The van der Waals surface area contributed by atoms with E-state index < -0.39 is 0 Å². The quantitative estimate of drug-likeness (QED) is 0.400. The molecule has 2 heterocycles. The minimum absolute atomic E-state index is 0.809. The molecule has 0 aliphatic carbocycles. The van der Waals surface area contributed by atoms with Crippen LogP contribution in [0, 0.1) is 0 Å². The molecule has 2 aliphatic heterocycles. The van der Waals surface area contributed by atoms with Crippen molar-refractivity contribution in [1.29, 1.82) is 0 Å². The van der Waals surface area contributed by atoms with Crippen LogP contribution < -0.4 is 10.7 Å². The van der Waals surface area contributed by atoms with Gasteiger partial charge in [-0.3, -0.25) is 10.7 Å². The number of hydrazone groups is 1. The fourth-order valence-electron chi connectivity index (χ4n) is 0.797. The molecular weight excluding hydrogens is 106 g/mol. The Morgan fingerprint density at radius 3 is 3.38 bits per heavy atom. The molecule has 0 atom stereocenters. The van der Waals surface area contributed by atoms with E-state index in [-0.39, 0.29) is 0 Å². The standard InChI is InChI=1S/C3H7N5/c1-5-7-2-4-3-8(7)6-1/h1,4H,2-3H2,(H,5,6). The van der Waals surface area contributed by atoms with Crippen LogP contribution in [0.15, 0.2) is 5.10 Å². The summed E-state index contributed by atoms with van der Waals surface area (Å²) in [6, 6.07) is 0. The van der Waals surface area contributed by atoms with Gasteiger partial charge in [0.2, 0.25) is 0 Å². The first kappa shape index (κ1) is 4.11. The monoisotopic (exact) mass is 113 g/mol. The minimum atomic E-state index is 0.809. The highest BCUT2D eigenvalue weighted by Gasteiger charge is 2.21. The molecule has 8 heavy (non-hydrogen) atoms. The summed E-state index contributed by atoms with van der Waals surface area (Å²) < 4.78 is 0. The van der Waals surface area contributed by atoms with Crippen LogP contribution in [0.3, 0.4) is 0 Å². The van der Waals surface area contributed by atoms with Crippen molar-refractivity contribution in [1.82, 2.24) is 21.0 Å². The zero-order valence-electron chi connectivity index (χ0n) is 4.33. The van der Waals surface area contributed by atoms with E-state index >= 15 is 0 Å². The maximum atomic E-state index is 3.96. The van der Waals surface area contributed by atoms with Crippen LogP contribution in [0.5, 0.6) is 0 Å². The highest BCUT2D eigenvalue weighted by molar-refractivity contribution is 5.54. The highest BCUT2D eigenvalue weighted by atomic mass is 16.0. The van der Waals surface area contributed by atoms with Gasteiger partial charge in [-0.25, -0.2) is 0 Å². The molecule has 0 unspecified atom stereocenters. The van der Waals surface area contributed by atoms with E-state index in [1.165, 1.54) is 0 Å². The summed E-state index contributed by atoms with van der Waals surface area (Å²) in [5.74, 6) is 0. The van der Waals surface area contributed by atoms with E-state index in [1.807, 2.05) is 10.2 Å². The predicted molar refractivity (Wildman–Crippen MR) is 28.2 cm³/mol. The van der Waals surface area contributed by atoms with Crippen LogP contribution in [-0.2, 0) is 0 Å². The number of hydrogen-bond acceptors (Lipinski definition) is 5. The minimum Gasteiger partial charge on any atom is -0.287 e. The van der Waals surface area contributed by atoms with E-state index in [1.54, 1.807) is 6.34 Å². The maximum Gasteiger partial charge on any atom is 0.126 e. The molecule has 0 aromatic heterocycles. The van der Waals surface area contributed by atoms with Gasteiger partial charge < -0.3 is 0 Å². The average Bonchev–Trinajstić information content (AvgIpc) is 2.15. The van der Waals surface area contributed by atoms with Crippen molar-refractivity contribution in [2.45, 2.75) is 0 Å². The van der Waals surface area contributed by atoms with Crippen LogP contribution in [0.1, 0.15) is 0 Å². The average molecular weight is 113 g/mol. The smallest absolute Gasteiger partial charge is 0.126 e. The first-order valence-electron chi connectivity index (χ1n) is 2.51. The van der Waals surface area contributed by atoms with Crippen LogP contribution in [0.2, 0.25) is 0 Å². The Bertz CT molecular complexity index is 121. The fourth-order valence-corrected chi connectivity index (χ4v) is 0.797. The van der Waals surface area contributed by atoms with Crippen molar-refractivity contribution in [3.8, 4) is 0 Å². The first-order chi connectivity index (χ1) is 3.97. The van der Waals surface area contributed by atoms with Crippen LogP contribution in [-0.4, -0.2) is 29.9 Å². The molecule has 0 radical (unpaired) electrons. The molecule has 0 amide bonds. The van der Waals surface area contributed by atoms with Crippen molar-refractivity contribution in [2.75, 3.05) is 13.3 Å². The van der Waals surface area contributed by atoms with Gasteiger partial charge in [0.25, 0.3) is 0 Å². The van der Waals surface area contributed by atoms with Gasteiger partial charge in [0.05, 0.1) is 6.67 Å². The number of rotatable bonds is 0. The van der Waals surface area contributed by atoms with Gasteiger partial charge in [-0.1, -0.05) is 0 Å². The van der Waals surface area contributed by atoms with Crippen molar-refractivity contribution in [3.63, 3.8) is 0 Å². The summed E-state index contributed by atoms with van der Waals surface area (Å²) in [4.78, 5) is 0. The topological polar surface area (TPSA) is 42.9 Å². The van der Waals surface area contributed by atoms with E-state index in [2.05, 4.69) is 15.8 Å². The van der Waals surface area contributed by atoms with Crippen LogP contribution in [0.4, 0.5) is 0 Å². The van der Waals surface area contributed by atoms with Gasteiger partial charge >= 0.3 is 0 Å². The van der Waals surface area contributed by atoms with Gasteiger partial charge in [-0.15, -0.1) is 10.2 Å². The zero-order valence-corrected chi connectivity index (χ0v) is 4.33. The molecule has 0 bridgehead atoms. The van der Waals surface area contributed by atoms with Gasteiger partial charge in [0, 0.05) is 0 Å². The molecule has 5 heteroatoms. The van der Waals surface area contributed by atoms with E-state index in [0.717, 1.165) is 13.3 Å². The second-order valence-corrected chi connectivity index (χ2v) is 1.71. The second-order valence-electron chi connectivity index (χ2n) is 1.71. The molecule has 0 aromatic carbocycles. The third-order valence-electron chi connectivity index (χ3n) is 1.19. The molecule has 1 saturated heterocycles. The van der Waals surface area contributed by atoms with Crippen molar-refractivity contribution < 1.29 is 0 Å². The Morgan fingerprint density at radius 1 is 1.50 bits per heavy atom. The van der Waals surface area contributed by atoms with Crippen molar-refractivity contribution in [3.05, 3.63) is 0 Å². The lowest BCUT2D eigenvalue weighted by molar-refractivity contribution is 0.0277. The van der Waals surface area contributed by atoms with E-state index in [9.17, 15) is 0 Å². The summed E-state index contributed by atoms with van der Waals surface area (Å²) in [6.07, 6.45) is 1.67. The Kier molecular flexibility index (Phi) is 0.684. The van der Waals surface area contributed by atoms with Gasteiger partial charge in [0.15, 0.2) is 0 Å². The van der Waals surface area contributed by atoms with Crippen molar-refractivity contribution >= 4 is 6.34 Å². The van der Waals surface area contributed by atoms with Gasteiger partial charge in [-0.2, -0.15) is 5.12 Å². The lowest BCUT2D eigenvalue weighted by Crippen LogP contribution is -2.36. The molecule has 0 spiro atoms. The van der Waals surface area contributed by atoms with Gasteiger partial charge in [-0.05, 0) is 0 Å². The Balaban J connectivity index is 2.13. The van der Waals surface area contributed by atoms with Crippen molar-refractivity contribution in [2.24, 2.45) is 5.10 Å². The largest absolute Gasteiger partial charge is 0.287 e. The lowest BCUT2D eigenvalue weighted by atomic mass is 11.0. The normalized spacial score (nSPS) is 26.2. The summed E-state index contributed by atoms with van der Waals surface area (Å²) in [5.41, 5.74) is 2.92. The third-order valence-corrected chi connectivity index (χ3v) is 1.19. The van der Waals surface area contributed by atoms with E-state index in [0.29, 0.717) is 0 Å². The Labute approximate surface area is 46.9 Å². The third kappa shape index (κ3) is 0.395. The molecule has 5 nitrogen and oxygen atoms in total. The number of nitrogens with one attached hydrogen (secondary N) is 2. The predicted octanol–water partition coefficient (Wildman–Crippen LogP) is -1.51. The Hall–Kier alpha value is -0.810. The second kappa shape index (κ2) is 1.33. The highest BCUT2D eigenvalue weighted by Crippen LogP contribution is 2.01. The molecule has 2 rings (SSSR count). The summed E-state index contributed by atoms with van der Waals surface area (Å²) >= 11 is 0. The lowest BCUT2D eigenvalue weighted by Gasteiger charge is -2.13. The molecule has 1 fully saturated rings. The number of hydrogen-bond donors (Lipinski definition) is 2. The maximum absolute atomic E-state index is 3.96. The SMILES string of the molecule is C1=NN2CNCN2N1.